The predicted octanol–water partition coefficient (Wildman–Crippen LogP) is 6.11. The number of fused-ring (bicyclic) bond motifs is 5. The van der Waals surface area contributed by atoms with Gasteiger partial charge in [0.1, 0.15) is 29.1 Å². The highest BCUT2D eigenvalue weighted by Crippen LogP contribution is 2.55. The highest BCUT2D eigenvalue weighted by atomic mass is 16.5. The largest absolute Gasteiger partial charge is 0.507 e. The lowest BCUT2D eigenvalue weighted by molar-refractivity contribution is 0.138. The molecule has 4 rings (SSSR count). The Labute approximate surface area is 177 Å². The summed E-state index contributed by atoms with van der Waals surface area (Å²) in [6, 6.07) is 5.57. The third kappa shape index (κ3) is 3.26. The zero-order valence-electron chi connectivity index (χ0n) is 18.0. The van der Waals surface area contributed by atoms with E-state index in [4.69, 9.17) is 9.47 Å². The molecule has 4 heteroatoms. The van der Waals surface area contributed by atoms with Crippen molar-refractivity contribution >= 4 is 6.08 Å². The van der Waals surface area contributed by atoms with Gasteiger partial charge in [-0.2, -0.15) is 0 Å². The predicted molar refractivity (Wildman–Crippen MR) is 120 cm³/mol. The molecule has 2 heterocycles. The standard InChI is InChI=1S/C26H28O4/c1-6-15(4)11-20-22(27)10-9-18-24(20)29-13-21-19-12-16(5)23(28)17(8-7-14(2)3)25(19)30-26(18)21/h6-7,9-12,21,26-28H,1,8,13H2,2-5H3/b15-11+/t21-,26-/m0/s1. The summed E-state index contributed by atoms with van der Waals surface area (Å²) in [5.74, 6) is 1.91. The van der Waals surface area contributed by atoms with Crippen molar-refractivity contribution in [3.8, 4) is 23.0 Å². The summed E-state index contributed by atoms with van der Waals surface area (Å²) in [4.78, 5) is 0. The van der Waals surface area contributed by atoms with E-state index >= 15 is 0 Å². The first kappa shape index (κ1) is 20.1. The Kier molecular flexibility index (Phi) is 5.10. The van der Waals surface area contributed by atoms with E-state index in [1.54, 1.807) is 12.1 Å². The molecule has 0 radical (unpaired) electrons. The molecule has 0 amide bonds. The van der Waals surface area contributed by atoms with E-state index in [2.05, 4.69) is 12.7 Å². The quantitative estimate of drug-likeness (QED) is 0.476. The fourth-order valence-corrected chi connectivity index (χ4v) is 4.22. The van der Waals surface area contributed by atoms with Gasteiger partial charge in [-0.05, 0) is 64.0 Å². The van der Waals surface area contributed by atoms with Crippen LogP contribution in [0.3, 0.4) is 0 Å². The number of ether oxygens (including phenoxy) is 2. The normalized spacial score (nSPS) is 19.1. The summed E-state index contributed by atoms with van der Waals surface area (Å²) in [5.41, 5.74) is 6.43. The van der Waals surface area contributed by atoms with E-state index < -0.39 is 0 Å². The van der Waals surface area contributed by atoms with Crippen LogP contribution in [0.4, 0.5) is 0 Å². The van der Waals surface area contributed by atoms with Gasteiger partial charge in [0.2, 0.25) is 0 Å². The zero-order valence-corrected chi connectivity index (χ0v) is 18.0. The van der Waals surface area contributed by atoms with Crippen molar-refractivity contribution in [1.82, 2.24) is 0 Å². The molecule has 4 nitrogen and oxygen atoms in total. The Morgan fingerprint density at radius 1 is 1.17 bits per heavy atom. The number of hydrogen-bond acceptors (Lipinski definition) is 4. The molecule has 2 N–H and O–H groups in total. The number of aryl methyl sites for hydroxylation is 1. The van der Waals surface area contributed by atoms with E-state index in [1.807, 2.05) is 45.9 Å². The van der Waals surface area contributed by atoms with Crippen molar-refractivity contribution in [2.75, 3.05) is 6.61 Å². The lowest BCUT2D eigenvalue weighted by Crippen LogP contribution is -2.23. The van der Waals surface area contributed by atoms with E-state index in [0.717, 1.165) is 33.6 Å². The molecule has 0 aliphatic carbocycles. The molecule has 0 unspecified atom stereocenters. The second kappa shape index (κ2) is 7.60. The van der Waals surface area contributed by atoms with Gasteiger partial charge in [0.05, 0.1) is 18.1 Å². The second-order valence-corrected chi connectivity index (χ2v) is 8.39. The molecule has 2 aliphatic rings. The van der Waals surface area contributed by atoms with E-state index in [9.17, 15) is 10.2 Å². The summed E-state index contributed by atoms with van der Waals surface area (Å²) in [5, 5.41) is 21.1. The minimum atomic E-state index is -0.216. The topological polar surface area (TPSA) is 58.9 Å². The van der Waals surface area contributed by atoms with Crippen molar-refractivity contribution in [3.63, 3.8) is 0 Å². The van der Waals surface area contributed by atoms with Crippen molar-refractivity contribution in [2.45, 2.75) is 46.1 Å². The Bertz CT molecular complexity index is 1090. The fraction of sp³-hybridized carbons (Fsp3) is 0.308. The van der Waals surface area contributed by atoms with Gasteiger partial charge in [0.25, 0.3) is 0 Å². The molecule has 0 saturated carbocycles. The number of allylic oxidation sites excluding steroid dienone is 4. The minimum Gasteiger partial charge on any atom is -0.507 e. The summed E-state index contributed by atoms with van der Waals surface area (Å²) < 4.78 is 12.6. The number of aromatic hydroxyl groups is 2. The van der Waals surface area contributed by atoms with Gasteiger partial charge in [0, 0.05) is 16.7 Å². The first-order valence-electron chi connectivity index (χ1n) is 10.3. The second-order valence-electron chi connectivity index (χ2n) is 8.39. The zero-order chi connectivity index (χ0) is 21.6. The third-order valence-corrected chi connectivity index (χ3v) is 5.90. The molecule has 2 aliphatic heterocycles. The van der Waals surface area contributed by atoms with Gasteiger partial charge < -0.3 is 19.7 Å². The van der Waals surface area contributed by atoms with Crippen LogP contribution < -0.4 is 9.47 Å². The Morgan fingerprint density at radius 3 is 2.63 bits per heavy atom. The van der Waals surface area contributed by atoms with Crippen LogP contribution in [0.5, 0.6) is 23.0 Å². The maximum Gasteiger partial charge on any atom is 0.138 e. The summed E-state index contributed by atoms with van der Waals surface area (Å²) >= 11 is 0. The molecule has 0 aromatic heterocycles. The molecule has 0 spiro atoms. The van der Waals surface area contributed by atoms with Gasteiger partial charge in [-0.25, -0.2) is 0 Å². The summed E-state index contributed by atoms with van der Waals surface area (Å²) in [6.45, 7) is 12.2. The first-order chi connectivity index (χ1) is 14.3. The summed E-state index contributed by atoms with van der Waals surface area (Å²) in [6.07, 6.45) is 6.12. The molecular weight excluding hydrogens is 376 g/mol. The maximum atomic E-state index is 10.7. The molecule has 0 fully saturated rings. The van der Waals surface area contributed by atoms with Gasteiger partial charge >= 0.3 is 0 Å². The number of benzene rings is 2. The molecule has 156 valence electrons. The van der Waals surface area contributed by atoms with E-state index in [1.165, 1.54) is 5.57 Å². The Hall–Kier alpha value is -3.14. The van der Waals surface area contributed by atoms with Crippen molar-refractivity contribution in [3.05, 3.63) is 75.9 Å². The highest BCUT2D eigenvalue weighted by Gasteiger charge is 2.43. The van der Waals surface area contributed by atoms with Crippen molar-refractivity contribution in [2.24, 2.45) is 0 Å². The molecule has 0 bridgehead atoms. The van der Waals surface area contributed by atoms with Crippen LogP contribution in [0.2, 0.25) is 0 Å². The van der Waals surface area contributed by atoms with Crippen LogP contribution in [0.15, 0.2) is 48.1 Å². The van der Waals surface area contributed by atoms with Crippen LogP contribution in [-0.4, -0.2) is 16.8 Å². The van der Waals surface area contributed by atoms with Gasteiger partial charge in [-0.1, -0.05) is 29.9 Å². The number of rotatable bonds is 4. The van der Waals surface area contributed by atoms with Gasteiger partial charge in [-0.15, -0.1) is 0 Å². The average Bonchev–Trinajstić information content (AvgIpc) is 3.08. The Morgan fingerprint density at radius 2 is 1.93 bits per heavy atom. The first-order valence-corrected chi connectivity index (χ1v) is 10.3. The molecule has 30 heavy (non-hydrogen) atoms. The molecule has 2 aromatic carbocycles. The number of phenols is 2. The maximum absolute atomic E-state index is 10.7. The third-order valence-electron chi connectivity index (χ3n) is 5.90. The van der Waals surface area contributed by atoms with Crippen molar-refractivity contribution < 1.29 is 19.7 Å². The minimum absolute atomic E-state index is 0.0409. The van der Waals surface area contributed by atoms with Crippen LogP contribution >= 0.6 is 0 Å². The number of hydrogen-bond donors (Lipinski definition) is 2. The SMILES string of the molecule is C=C/C(C)=C/c1c(O)ccc2c1OC[C@H]1c3cc(C)c(O)c(CC=C(C)C)c3O[C@@H]21. The summed E-state index contributed by atoms with van der Waals surface area (Å²) in [7, 11) is 0. The fourth-order valence-electron chi connectivity index (χ4n) is 4.22. The Balaban J connectivity index is 1.82. The lowest BCUT2D eigenvalue weighted by Gasteiger charge is -2.29. The van der Waals surface area contributed by atoms with E-state index in [0.29, 0.717) is 30.1 Å². The molecule has 2 aromatic rings. The molecule has 0 saturated heterocycles. The average molecular weight is 405 g/mol. The van der Waals surface area contributed by atoms with Crippen LogP contribution in [0.1, 0.15) is 60.6 Å². The highest BCUT2D eigenvalue weighted by molar-refractivity contribution is 5.70. The van der Waals surface area contributed by atoms with Crippen LogP contribution in [0, 0.1) is 6.92 Å². The van der Waals surface area contributed by atoms with Crippen LogP contribution in [-0.2, 0) is 6.42 Å². The van der Waals surface area contributed by atoms with Crippen LogP contribution in [0.25, 0.3) is 6.08 Å². The smallest absolute Gasteiger partial charge is 0.138 e. The van der Waals surface area contributed by atoms with Crippen molar-refractivity contribution in [1.29, 1.82) is 0 Å². The van der Waals surface area contributed by atoms with Gasteiger partial charge in [-0.3, -0.25) is 0 Å². The number of phenolic OH excluding ortho intramolecular Hbond substituents is 2. The van der Waals surface area contributed by atoms with Gasteiger partial charge in [0.15, 0.2) is 0 Å². The molecular formula is C26H28O4. The van der Waals surface area contributed by atoms with E-state index in [-0.39, 0.29) is 17.8 Å². The molecule has 2 atom stereocenters. The monoisotopic (exact) mass is 404 g/mol. The lowest BCUT2D eigenvalue weighted by atomic mass is 9.86.